The molecular weight excluding hydrogens is 1010 g/mol. The zero-order valence-electron chi connectivity index (χ0n) is 40.2. The van der Waals surface area contributed by atoms with Crippen LogP contribution in [-0.2, 0) is 51.9 Å². The molecule has 3 atom stereocenters. The van der Waals surface area contributed by atoms with Gasteiger partial charge in [0, 0.05) is 53.7 Å². The zero-order chi connectivity index (χ0) is 51.9. The molecule has 0 fully saturated rings. The first-order valence-corrected chi connectivity index (χ1v) is 28.9. The van der Waals surface area contributed by atoms with Gasteiger partial charge in [0.05, 0.1) is 47.7 Å². The lowest BCUT2D eigenvalue weighted by Crippen LogP contribution is -2.33. The van der Waals surface area contributed by atoms with E-state index in [1.54, 1.807) is 85.0 Å². The SMILES string of the molecule is C=[N+](CCS(=O)(=O)[O-])c1ccc2c(-c3cc(P(=O)(OCCCCCC(=O)OC(C)(C)C)OCCCCNC(=O)OC(C)(C)C)ccc3C(=O)OP(F)P)c3ccc(=[N+](C)CCSOO[O-])cc-3oc2c1. The highest BCUT2D eigenvalue weighted by Gasteiger charge is 2.32. The minimum absolute atomic E-state index is 0.0349. The summed E-state index contributed by atoms with van der Waals surface area (Å²) in [4.78, 5) is 38.4. The molecule has 1 heterocycles. The van der Waals surface area contributed by atoms with Crippen molar-refractivity contribution < 1.29 is 82.8 Å². The van der Waals surface area contributed by atoms with E-state index in [0.29, 0.717) is 72.0 Å². The van der Waals surface area contributed by atoms with E-state index in [1.165, 1.54) is 22.8 Å². The first kappa shape index (κ1) is 58.7. The summed E-state index contributed by atoms with van der Waals surface area (Å²) in [6.07, 6.45) is 1.73. The number of carbonyl (C=O) groups is 3. The summed E-state index contributed by atoms with van der Waals surface area (Å²) in [6.45, 7) is 14.7. The fourth-order valence-electron chi connectivity index (χ4n) is 6.74. The Hall–Kier alpha value is -3.91. The highest BCUT2D eigenvalue weighted by Crippen LogP contribution is 2.51. The smallest absolute Gasteiger partial charge is 0.407 e. The van der Waals surface area contributed by atoms with E-state index in [0.717, 1.165) is 12.0 Å². The maximum Gasteiger partial charge on any atom is 0.407 e. The summed E-state index contributed by atoms with van der Waals surface area (Å²) in [7, 11) is -8.03. The number of amides is 1. The van der Waals surface area contributed by atoms with Gasteiger partial charge >= 0.3 is 25.6 Å². The molecule has 386 valence electrons. The van der Waals surface area contributed by atoms with Crippen molar-refractivity contribution in [3.63, 3.8) is 0 Å². The maximum absolute atomic E-state index is 15.2. The Balaban J connectivity index is 1.87. The molecule has 2 aromatic carbocycles. The van der Waals surface area contributed by atoms with Crippen molar-refractivity contribution in [3.8, 4) is 22.5 Å². The Bertz CT molecular complexity index is 2630. The average Bonchev–Trinajstić information content (AvgIpc) is 3.26. The lowest BCUT2D eigenvalue weighted by atomic mass is 9.90. The monoisotopic (exact) mass is 1080 g/mol. The number of fused-ring (bicyclic) bond motifs is 2. The molecule has 0 bridgehead atoms. The first-order chi connectivity index (χ1) is 32.8. The molecule has 0 saturated heterocycles. The molecule has 0 aromatic heterocycles. The quantitative estimate of drug-likeness (QED) is 0.00606. The van der Waals surface area contributed by atoms with Crippen LogP contribution in [0.15, 0.2) is 59.0 Å². The van der Waals surface area contributed by atoms with Gasteiger partial charge in [-0.15, -0.1) is 0 Å². The van der Waals surface area contributed by atoms with Gasteiger partial charge in [0.2, 0.25) is 11.0 Å². The Morgan fingerprint density at radius 1 is 0.914 bits per heavy atom. The van der Waals surface area contributed by atoms with Gasteiger partial charge in [0.25, 0.3) is 8.15 Å². The molecule has 19 nitrogen and oxygen atoms in total. The molecule has 0 saturated carbocycles. The van der Waals surface area contributed by atoms with E-state index in [1.807, 2.05) is 13.5 Å². The highest BCUT2D eigenvalue weighted by atomic mass is 32.2. The van der Waals surface area contributed by atoms with Crippen molar-refractivity contribution in [1.29, 1.82) is 0 Å². The summed E-state index contributed by atoms with van der Waals surface area (Å²) >= 11 is 0.806. The van der Waals surface area contributed by atoms with E-state index < -0.39 is 54.9 Å². The van der Waals surface area contributed by atoms with Crippen LogP contribution in [0.4, 0.5) is 14.7 Å². The fraction of sp³-hybridized carbons (Fsp3) is 0.489. The molecule has 4 rings (SSSR count). The summed E-state index contributed by atoms with van der Waals surface area (Å²) in [5, 5.41) is 17.5. The molecular formula is C45H61FN3O16P3S2. The number of halogens is 1. The van der Waals surface area contributed by atoms with E-state index in [9.17, 15) is 36.8 Å². The highest BCUT2D eigenvalue weighted by molar-refractivity contribution is 8.08. The van der Waals surface area contributed by atoms with E-state index in [-0.39, 0.29) is 66.5 Å². The topological polar surface area (TPSA) is 244 Å². The van der Waals surface area contributed by atoms with Crippen LogP contribution in [0, 0.1) is 0 Å². The Kier molecular flexibility index (Phi) is 22.4. The van der Waals surface area contributed by atoms with E-state index in [4.69, 9.17) is 27.5 Å². The van der Waals surface area contributed by atoms with Crippen LogP contribution >= 0.6 is 36.7 Å². The number of unbranched alkanes of at least 4 members (excludes halogenated alkanes) is 3. The van der Waals surface area contributed by atoms with E-state index >= 15 is 4.57 Å². The lowest BCUT2D eigenvalue weighted by Gasteiger charge is -2.22. The largest absolute Gasteiger partial charge is 0.748 e. The Morgan fingerprint density at radius 2 is 1.60 bits per heavy atom. The number of nitrogens with one attached hydrogen (secondary N) is 1. The van der Waals surface area contributed by atoms with Gasteiger partial charge in [-0.1, -0.05) is 6.42 Å². The molecule has 70 heavy (non-hydrogen) atoms. The summed E-state index contributed by atoms with van der Waals surface area (Å²) in [6, 6.07) is 14.2. The molecule has 0 radical (unpaired) electrons. The van der Waals surface area contributed by atoms with Gasteiger partial charge in [-0.05, 0) is 112 Å². The third-order valence-corrected chi connectivity index (χ3v) is 13.7. The standard InChI is InChI=1S/C45H61FN3O16P3S2/c1-44(2,3)61-40(50)14-10-9-12-24-58-68(54,59-25-13-11-21-47-43(52)62-45(4,5)6)33-17-20-34(42(51)63-67(46)66)37(30-33)41-35-18-15-31(48(7)22-26-69-65-64-53)28-38(35)60-39-29-32(16-19-36(39)41)49(8)23-27-70(55,56)57/h15-20,28-30H,8-14,21-27,66H2,1-7H3,(H-2,47,52,53,55,56,57). The number of alkyl carbamates (subject to hydrolysis) is 1. The summed E-state index contributed by atoms with van der Waals surface area (Å²) in [5.74, 6) is -1.50. The van der Waals surface area contributed by atoms with Gasteiger partial charge in [-0.3, -0.25) is 14.4 Å². The van der Waals surface area contributed by atoms with Gasteiger partial charge in [-0.25, -0.2) is 27.2 Å². The fourth-order valence-corrected chi connectivity index (χ4v) is 9.84. The summed E-state index contributed by atoms with van der Waals surface area (Å²) in [5.41, 5.74) is 0.0664. The van der Waals surface area contributed by atoms with Crippen molar-refractivity contribution in [2.75, 3.05) is 51.4 Å². The minimum atomic E-state index is -4.58. The Labute approximate surface area is 415 Å². The Morgan fingerprint density at radius 3 is 2.24 bits per heavy atom. The molecule has 1 N–H and O–H groups in total. The first-order valence-electron chi connectivity index (χ1n) is 22.1. The predicted molar refractivity (Wildman–Crippen MR) is 266 cm³/mol. The third-order valence-electron chi connectivity index (χ3n) is 9.88. The van der Waals surface area contributed by atoms with Crippen LogP contribution < -0.4 is 25.8 Å². The second-order valence-electron chi connectivity index (χ2n) is 17.8. The second kappa shape index (κ2) is 26.7. The number of rotatable bonds is 26. The van der Waals surface area contributed by atoms with Crippen LogP contribution in [0.5, 0.6) is 0 Å². The number of ether oxygens (including phenoxy) is 2. The number of benzene rings is 3. The van der Waals surface area contributed by atoms with Crippen molar-refractivity contribution in [1.82, 2.24) is 9.89 Å². The predicted octanol–water partition coefficient (Wildman–Crippen LogP) is 7.66. The van der Waals surface area contributed by atoms with Crippen molar-refractivity contribution >= 4 is 93.5 Å². The third kappa shape index (κ3) is 19.3. The van der Waals surface area contributed by atoms with Crippen LogP contribution in [0.2, 0.25) is 0 Å². The number of hydrogen-bond donors (Lipinski definition) is 1. The van der Waals surface area contributed by atoms with Gasteiger partial charge < -0.3 is 42.6 Å². The number of hydrogen-bond acceptors (Lipinski definition) is 17. The molecule has 2 aromatic rings. The average molecular weight is 1080 g/mol. The van der Waals surface area contributed by atoms with E-state index in [2.05, 4.69) is 21.4 Å². The number of nitrogens with zero attached hydrogens (tertiary/aromatic N) is 2. The minimum Gasteiger partial charge on any atom is -0.748 e. The molecule has 25 heteroatoms. The van der Waals surface area contributed by atoms with Crippen LogP contribution in [0.25, 0.3) is 33.4 Å². The van der Waals surface area contributed by atoms with Gasteiger partial charge in [0.15, 0.2) is 13.1 Å². The molecule has 1 amide bonds. The molecule has 2 aliphatic rings. The lowest BCUT2D eigenvalue weighted by molar-refractivity contribution is -0.777. The molecule has 1 aliphatic heterocycles. The summed E-state index contributed by atoms with van der Waals surface area (Å²) < 4.78 is 106. The van der Waals surface area contributed by atoms with Crippen molar-refractivity contribution in [3.05, 3.63) is 65.5 Å². The van der Waals surface area contributed by atoms with Crippen LogP contribution in [-0.4, -0.2) is 105 Å². The normalized spacial score (nSPS) is 13.9. The molecule has 1 aliphatic carbocycles. The van der Waals surface area contributed by atoms with Gasteiger partial charge in [0.1, 0.15) is 46.4 Å². The molecule has 3 unspecified atom stereocenters. The second-order valence-corrected chi connectivity index (χ2v) is 24.1. The van der Waals surface area contributed by atoms with Crippen molar-refractivity contribution in [2.24, 2.45) is 0 Å². The molecule has 0 spiro atoms. The van der Waals surface area contributed by atoms with Crippen LogP contribution in [0.1, 0.15) is 90.4 Å². The number of esters is 1. The van der Waals surface area contributed by atoms with Gasteiger partial charge in [-0.2, -0.15) is 8.53 Å². The number of carbonyl (C=O) groups excluding carboxylic acids is 3. The maximum atomic E-state index is 15.2. The van der Waals surface area contributed by atoms with Crippen molar-refractivity contribution in [2.45, 2.75) is 91.3 Å². The van der Waals surface area contributed by atoms with Crippen LogP contribution in [0.3, 0.4) is 0 Å². The zero-order valence-corrected chi connectivity index (χ0v) is 44.8.